The molecule has 2 fully saturated rings. The van der Waals surface area contributed by atoms with Crippen molar-refractivity contribution in [1.29, 1.82) is 0 Å². The number of benzene rings is 1. The fourth-order valence-electron chi connectivity index (χ4n) is 5.43. The van der Waals surface area contributed by atoms with E-state index < -0.39 is 23.7 Å². The number of carbonyl (C=O) groups is 2. The average molecular weight is 562 g/mol. The first-order valence-electron chi connectivity index (χ1n) is 13.9. The van der Waals surface area contributed by atoms with Crippen molar-refractivity contribution in [2.75, 3.05) is 44.4 Å². The summed E-state index contributed by atoms with van der Waals surface area (Å²) in [6.45, 7) is 4.16. The monoisotopic (exact) mass is 561 g/mol. The van der Waals surface area contributed by atoms with E-state index in [1.54, 1.807) is 29.2 Å². The lowest BCUT2D eigenvalue weighted by molar-refractivity contribution is -0.137. The number of halogens is 3. The van der Waals surface area contributed by atoms with Crippen LogP contribution < -0.4 is 16.0 Å². The second kappa shape index (κ2) is 12.8. The highest BCUT2D eigenvalue weighted by Crippen LogP contribution is 2.36. The quantitative estimate of drug-likeness (QED) is 0.436. The normalized spacial score (nSPS) is 20.6. The Balaban J connectivity index is 1.48. The van der Waals surface area contributed by atoms with Gasteiger partial charge in [-0.25, -0.2) is 4.98 Å². The zero-order chi connectivity index (χ0) is 28.9. The Hall–Kier alpha value is -3.41. The van der Waals surface area contributed by atoms with Crippen molar-refractivity contribution in [1.82, 2.24) is 25.1 Å². The van der Waals surface area contributed by atoms with E-state index in [0.717, 1.165) is 45.0 Å². The second-order valence-electron chi connectivity index (χ2n) is 10.6. The number of likely N-dealkylation sites (tertiary alicyclic amines) is 1. The number of hydrogen-bond donors (Lipinski definition) is 3. The van der Waals surface area contributed by atoms with E-state index in [-0.39, 0.29) is 29.6 Å². The summed E-state index contributed by atoms with van der Waals surface area (Å²) in [6, 6.07) is 6.42. The van der Waals surface area contributed by atoms with Gasteiger partial charge in [0.05, 0.1) is 5.92 Å². The van der Waals surface area contributed by atoms with Crippen molar-refractivity contribution < 1.29 is 22.8 Å². The van der Waals surface area contributed by atoms with Crippen LogP contribution in [0.2, 0.25) is 0 Å². The van der Waals surface area contributed by atoms with Crippen molar-refractivity contribution in [2.24, 2.45) is 5.92 Å². The molecule has 2 heterocycles. The summed E-state index contributed by atoms with van der Waals surface area (Å²) >= 11 is 0. The van der Waals surface area contributed by atoms with Crippen LogP contribution in [0.3, 0.4) is 0 Å². The highest BCUT2D eigenvalue weighted by atomic mass is 19.4. The van der Waals surface area contributed by atoms with Gasteiger partial charge in [-0.1, -0.05) is 12.8 Å². The van der Waals surface area contributed by atoms with Crippen LogP contribution in [0, 0.1) is 5.92 Å². The van der Waals surface area contributed by atoms with Crippen molar-refractivity contribution in [3.63, 3.8) is 0 Å². The molecule has 1 aliphatic carbocycles. The van der Waals surface area contributed by atoms with Crippen LogP contribution in [0.15, 0.2) is 30.5 Å². The molecule has 2 aromatic rings. The minimum Gasteiger partial charge on any atom is -0.366 e. The van der Waals surface area contributed by atoms with Crippen LogP contribution in [0.25, 0.3) is 0 Å². The van der Waals surface area contributed by atoms with Crippen molar-refractivity contribution >= 4 is 29.3 Å². The molecular weight excluding hydrogens is 523 g/mol. The van der Waals surface area contributed by atoms with E-state index in [1.807, 2.05) is 14.0 Å². The standard InChI is InChI=1S/C28H38F3N7O2/c1-4-32-25(39)21-7-5-6-8-23(21)35-24-22(28(29,30)31)17-33-27(36-24)34-19-11-9-18(10-12-19)26(40)38(3)20-13-15-37(2)16-14-20/h9-12,17,20-21,23H,4-8,13-16H2,1-3H3,(H,32,39)(H2,33,34,35,36). The molecule has 1 saturated carbocycles. The maximum absolute atomic E-state index is 13.8. The van der Waals surface area contributed by atoms with Crippen LogP contribution in [0.1, 0.15) is 61.4 Å². The van der Waals surface area contributed by atoms with E-state index in [2.05, 4.69) is 37.9 Å². The number of aromatic nitrogens is 2. The number of hydrogen-bond acceptors (Lipinski definition) is 7. The molecule has 0 spiro atoms. The van der Waals surface area contributed by atoms with Gasteiger partial charge in [0.15, 0.2) is 0 Å². The summed E-state index contributed by atoms with van der Waals surface area (Å²) in [7, 11) is 3.89. The minimum atomic E-state index is -4.67. The molecule has 3 N–H and O–H groups in total. The molecule has 0 bridgehead atoms. The molecule has 4 rings (SSSR count). The van der Waals surface area contributed by atoms with Crippen LogP contribution in [-0.4, -0.2) is 77.4 Å². The van der Waals surface area contributed by atoms with Crippen molar-refractivity contribution in [3.05, 3.63) is 41.6 Å². The summed E-state index contributed by atoms with van der Waals surface area (Å²) in [5, 5.41) is 8.64. The first-order valence-corrected chi connectivity index (χ1v) is 13.9. The molecule has 2 amide bonds. The van der Waals surface area contributed by atoms with E-state index in [1.165, 1.54) is 0 Å². The molecule has 1 aromatic carbocycles. The number of alkyl halides is 3. The predicted octanol–water partition coefficient (Wildman–Crippen LogP) is 4.51. The van der Waals surface area contributed by atoms with Gasteiger partial charge < -0.3 is 25.8 Å². The molecule has 9 nitrogen and oxygen atoms in total. The van der Waals surface area contributed by atoms with E-state index in [4.69, 9.17) is 0 Å². The summed E-state index contributed by atoms with van der Waals surface area (Å²) in [5.41, 5.74) is 0.0644. The van der Waals surface area contributed by atoms with Gasteiger partial charge in [0.2, 0.25) is 11.9 Å². The highest BCUT2D eigenvalue weighted by Gasteiger charge is 2.38. The molecule has 1 saturated heterocycles. The SMILES string of the molecule is CCNC(=O)C1CCCCC1Nc1nc(Nc2ccc(C(=O)N(C)C3CCN(C)CC3)cc2)ncc1C(F)(F)F. The van der Waals surface area contributed by atoms with Gasteiger partial charge in [0.25, 0.3) is 5.91 Å². The van der Waals surface area contributed by atoms with Gasteiger partial charge in [-0.05, 0) is 77.0 Å². The Morgan fingerprint density at radius 3 is 2.40 bits per heavy atom. The molecule has 218 valence electrons. The number of nitrogens with zero attached hydrogens (tertiary/aromatic N) is 4. The number of carbonyl (C=O) groups excluding carboxylic acids is 2. The lowest BCUT2D eigenvalue weighted by Gasteiger charge is -2.35. The van der Waals surface area contributed by atoms with Gasteiger partial charge in [0, 0.05) is 43.1 Å². The first kappa shape index (κ1) is 29.6. The van der Waals surface area contributed by atoms with Crippen LogP contribution in [0.4, 0.5) is 30.6 Å². The van der Waals surface area contributed by atoms with Crippen LogP contribution in [-0.2, 0) is 11.0 Å². The van der Waals surface area contributed by atoms with Gasteiger partial charge in [-0.15, -0.1) is 0 Å². The zero-order valence-electron chi connectivity index (χ0n) is 23.2. The minimum absolute atomic E-state index is 0.0246. The van der Waals surface area contributed by atoms with Gasteiger partial charge >= 0.3 is 6.18 Å². The Labute approximate surface area is 232 Å². The molecule has 40 heavy (non-hydrogen) atoms. The summed E-state index contributed by atoms with van der Waals surface area (Å²) in [5.74, 6) is -1.08. The molecule has 0 radical (unpaired) electrons. The molecule has 2 aliphatic rings. The first-order chi connectivity index (χ1) is 19.1. The smallest absolute Gasteiger partial charge is 0.366 e. The summed E-state index contributed by atoms with van der Waals surface area (Å²) in [6.07, 6.45) is 0.731. The zero-order valence-corrected chi connectivity index (χ0v) is 23.2. The number of nitrogens with one attached hydrogen (secondary N) is 3. The molecule has 2 atom stereocenters. The highest BCUT2D eigenvalue weighted by molar-refractivity contribution is 5.94. The number of amides is 2. The lowest BCUT2D eigenvalue weighted by atomic mass is 9.83. The Morgan fingerprint density at radius 2 is 1.75 bits per heavy atom. The van der Waals surface area contributed by atoms with E-state index in [0.29, 0.717) is 30.6 Å². The van der Waals surface area contributed by atoms with Gasteiger partial charge in [-0.3, -0.25) is 9.59 Å². The summed E-state index contributed by atoms with van der Waals surface area (Å²) < 4.78 is 41.5. The number of anilines is 3. The number of piperidine rings is 1. The molecule has 1 aromatic heterocycles. The molecule has 12 heteroatoms. The van der Waals surface area contributed by atoms with Gasteiger partial charge in [-0.2, -0.15) is 18.2 Å². The topological polar surface area (TPSA) is 102 Å². The average Bonchev–Trinajstić information content (AvgIpc) is 2.93. The Bertz CT molecular complexity index is 1170. The molecule has 1 aliphatic heterocycles. The van der Waals surface area contributed by atoms with Gasteiger partial charge in [0.1, 0.15) is 11.4 Å². The van der Waals surface area contributed by atoms with E-state index >= 15 is 0 Å². The van der Waals surface area contributed by atoms with Crippen LogP contribution in [0.5, 0.6) is 0 Å². The Morgan fingerprint density at radius 1 is 1.07 bits per heavy atom. The third kappa shape index (κ3) is 7.21. The third-order valence-corrected chi connectivity index (χ3v) is 7.81. The van der Waals surface area contributed by atoms with Crippen molar-refractivity contribution in [2.45, 2.75) is 63.7 Å². The fourth-order valence-corrected chi connectivity index (χ4v) is 5.43. The predicted molar refractivity (Wildman–Crippen MR) is 147 cm³/mol. The van der Waals surface area contributed by atoms with Crippen molar-refractivity contribution in [3.8, 4) is 0 Å². The number of rotatable bonds is 8. The van der Waals surface area contributed by atoms with E-state index in [9.17, 15) is 22.8 Å². The lowest BCUT2D eigenvalue weighted by Crippen LogP contribution is -2.44. The maximum Gasteiger partial charge on any atom is 0.421 e. The maximum atomic E-state index is 13.8. The summed E-state index contributed by atoms with van der Waals surface area (Å²) in [4.78, 5) is 37.6. The fraction of sp³-hybridized carbons (Fsp3) is 0.571. The third-order valence-electron chi connectivity index (χ3n) is 7.81. The Kier molecular flexibility index (Phi) is 9.49. The van der Waals surface area contributed by atoms with Crippen LogP contribution >= 0.6 is 0 Å². The second-order valence-corrected chi connectivity index (χ2v) is 10.6. The largest absolute Gasteiger partial charge is 0.421 e. The molecular formula is C28H38F3N7O2. The molecule has 2 unspecified atom stereocenters.